The molecule has 0 aliphatic heterocycles. The Labute approximate surface area is 94.0 Å². The molecule has 0 aliphatic carbocycles. The summed E-state index contributed by atoms with van der Waals surface area (Å²) in [4.78, 5) is 25.9. The van der Waals surface area contributed by atoms with E-state index in [0.717, 1.165) is 0 Å². The van der Waals surface area contributed by atoms with Crippen molar-refractivity contribution in [2.75, 3.05) is 6.61 Å². The monoisotopic (exact) mass is 219 g/mol. The van der Waals surface area contributed by atoms with Crippen molar-refractivity contribution in [3.63, 3.8) is 0 Å². The Hall–Kier alpha value is -1.97. The summed E-state index contributed by atoms with van der Waals surface area (Å²) < 4.78 is 4.72. The summed E-state index contributed by atoms with van der Waals surface area (Å²) in [6.45, 7) is 1.94. The van der Waals surface area contributed by atoms with E-state index < -0.39 is 11.9 Å². The lowest BCUT2D eigenvalue weighted by molar-refractivity contribution is -0.146. The maximum absolute atomic E-state index is 11.3. The number of para-hydroxylation sites is 1. The predicted molar refractivity (Wildman–Crippen MR) is 60.8 cm³/mol. The quantitative estimate of drug-likeness (QED) is 0.328. The molecule has 0 amide bonds. The molecule has 1 aromatic carbocycles. The third-order valence-corrected chi connectivity index (χ3v) is 1.85. The molecule has 0 bridgehead atoms. The third kappa shape index (κ3) is 3.65. The van der Waals surface area contributed by atoms with E-state index in [1.54, 1.807) is 19.1 Å². The molecule has 1 unspecified atom stereocenters. The Morgan fingerprint density at radius 2 is 2.12 bits per heavy atom. The van der Waals surface area contributed by atoms with E-state index in [1.165, 1.54) is 6.21 Å². The average Bonchev–Trinajstić information content (AvgIpc) is 2.31. The molecular weight excluding hydrogens is 206 g/mol. The first-order valence-electron chi connectivity index (χ1n) is 4.99. The van der Waals surface area contributed by atoms with E-state index >= 15 is 0 Å². The zero-order valence-corrected chi connectivity index (χ0v) is 9.00. The highest BCUT2D eigenvalue weighted by Crippen LogP contribution is 2.09. The number of hydrogen-bond donors (Lipinski definition) is 0. The van der Waals surface area contributed by atoms with Gasteiger partial charge in [0.15, 0.2) is 0 Å². The first-order valence-corrected chi connectivity index (χ1v) is 4.99. The lowest BCUT2D eigenvalue weighted by Gasteiger charge is -2.03. The van der Waals surface area contributed by atoms with Crippen LogP contribution in [0.25, 0.3) is 0 Å². The van der Waals surface area contributed by atoms with E-state index in [9.17, 15) is 9.59 Å². The highest BCUT2D eigenvalue weighted by molar-refractivity contribution is 6.04. The van der Waals surface area contributed by atoms with Crippen LogP contribution in [0, 0.1) is 5.92 Å². The number of hydrogen-bond acceptors (Lipinski definition) is 4. The Bertz CT molecular complexity index is 373. The summed E-state index contributed by atoms with van der Waals surface area (Å²) in [6, 6.07) is 9.08. The number of carbonyl (C=O) groups excluding carboxylic acids is 2. The van der Waals surface area contributed by atoms with Crippen LogP contribution in [0.1, 0.15) is 6.92 Å². The Morgan fingerprint density at radius 3 is 2.69 bits per heavy atom. The molecule has 0 saturated carbocycles. The van der Waals surface area contributed by atoms with Crippen LogP contribution in [0.4, 0.5) is 5.69 Å². The van der Waals surface area contributed by atoms with Crippen LogP contribution < -0.4 is 0 Å². The summed E-state index contributed by atoms with van der Waals surface area (Å²) in [5, 5.41) is 0. The number of aliphatic imine (C=N–C) groups is 1. The molecule has 84 valence electrons. The Balaban J connectivity index is 2.67. The summed E-state index contributed by atoms with van der Waals surface area (Å²) in [5.41, 5.74) is 0.693. The summed E-state index contributed by atoms with van der Waals surface area (Å²) in [6.07, 6.45) is 1.81. The van der Waals surface area contributed by atoms with Crippen molar-refractivity contribution in [3.05, 3.63) is 30.3 Å². The van der Waals surface area contributed by atoms with Gasteiger partial charge in [0.05, 0.1) is 12.3 Å². The molecule has 0 N–H and O–H groups in total. The highest BCUT2D eigenvalue weighted by atomic mass is 16.5. The fourth-order valence-electron chi connectivity index (χ4n) is 1.07. The van der Waals surface area contributed by atoms with Crippen molar-refractivity contribution in [1.29, 1.82) is 0 Å². The fraction of sp³-hybridized carbons (Fsp3) is 0.250. The van der Waals surface area contributed by atoms with Crippen LogP contribution >= 0.6 is 0 Å². The molecular formula is C12H13NO3. The molecule has 0 heterocycles. The number of rotatable bonds is 5. The maximum atomic E-state index is 11.3. The van der Waals surface area contributed by atoms with Gasteiger partial charge in [-0.05, 0) is 19.1 Å². The van der Waals surface area contributed by atoms with Crippen LogP contribution in [0.3, 0.4) is 0 Å². The van der Waals surface area contributed by atoms with Crippen molar-refractivity contribution in [2.24, 2.45) is 10.9 Å². The number of ether oxygens (including phenoxy) is 1. The number of esters is 1. The van der Waals surface area contributed by atoms with Crippen LogP contribution in [0.15, 0.2) is 35.3 Å². The zero-order valence-electron chi connectivity index (χ0n) is 9.00. The Kier molecular flexibility index (Phi) is 4.92. The van der Waals surface area contributed by atoms with Gasteiger partial charge >= 0.3 is 5.97 Å². The largest absolute Gasteiger partial charge is 0.465 e. The molecule has 0 radical (unpaired) electrons. The first-order chi connectivity index (χ1) is 7.77. The normalized spacial score (nSPS) is 12.3. The van der Waals surface area contributed by atoms with Gasteiger partial charge in [0.25, 0.3) is 0 Å². The van der Waals surface area contributed by atoms with Crippen LogP contribution in [0.5, 0.6) is 0 Å². The van der Waals surface area contributed by atoms with Crippen molar-refractivity contribution < 1.29 is 14.3 Å². The van der Waals surface area contributed by atoms with Crippen molar-refractivity contribution in [3.8, 4) is 0 Å². The molecule has 0 aliphatic rings. The molecule has 0 spiro atoms. The molecule has 0 saturated heterocycles. The van der Waals surface area contributed by atoms with Crippen LogP contribution in [-0.2, 0) is 14.3 Å². The average molecular weight is 219 g/mol. The standard InChI is InChI=1S/C12H13NO3/c1-2-16-12(15)10(9-14)8-13-11-6-4-3-5-7-11/h3-10H,2H2,1H3. The van der Waals surface area contributed by atoms with E-state index in [1.807, 2.05) is 18.2 Å². The predicted octanol–water partition coefficient (Wildman–Crippen LogP) is 1.77. The van der Waals surface area contributed by atoms with Crippen molar-refractivity contribution >= 4 is 24.2 Å². The molecule has 1 atom stereocenters. The first kappa shape index (κ1) is 12.1. The fourth-order valence-corrected chi connectivity index (χ4v) is 1.07. The van der Waals surface area contributed by atoms with Crippen LogP contribution in [0.2, 0.25) is 0 Å². The molecule has 1 aromatic rings. The zero-order chi connectivity index (χ0) is 11.8. The topological polar surface area (TPSA) is 55.7 Å². The Morgan fingerprint density at radius 1 is 1.44 bits per heavy atom. The molecule has 4 heteroatoms. The third-order valence-electron chi connectivity index (χ3n) is 1.85. The van der Waals surface area contributed by atoms with Gasteiger partial charge in [0.1, 0.15) is 12.2 Å². The van der Waals surface area contributed by atoms with Gasteiger partial charge in [-0.15, -0.1) is 0 Å². The van der Waals surface area contributed by atoms with E-state index in [-0.39, 0.29) is 6.61 Å². The van der Waals surface area contributed by atoms with Gasteiger partial charge in [0.2, 0.25) is 0 Å². The lowest BCUT2D eigenvalue weighted by atomic mass is 10.2. The number of carbonyl (C=O) groups is 2. The van der Waals surface area contributed by atoms with Gasteiger partial charge in [-0.3, -0.25) is 9.79 Å². The minimum atomic E-state index is -0.930. The number of aldehydes is 1. The minimum absolute atomic E-state index is 0.252. The van der Waals surface area contributed by atoms with Crippen molar-refractivity contribution in [2.45, 2.75) is 6.92 Å². The van der Waals surface area contributed by atoms with Crippen molar-refractivity contribution in [1.82, 2.24) is 0 Å². The van der Waals surface area contributed by atoms with Gasteiger partial charge in [-0.25, -0.2) is 0 Å². The van der Waals surface area contributed by atoms with E-state index in [2.05, 4.69) is 4.99 Å². The summed E-state index contributed by atoms with van der Waals surface area (Å²) in [5.74, 6) is -1.50. The van der Waals surface area contributed by atoms with Gasteiger partial charge in [0, 0.05) is 6.21 Å². The number of nitrogens with zero attached hydrogens (tertiary/aromatic N) is 1. The smallest absolute Gasteiger partial charge is 0.321 e. The van der Waals surface area contributed by atoms with Gasteiger partial charge in [-0.2, -0.15) is 0 Å². The molecule has 16 heavy (non-hydrogen) atoms. The summed E-state index contributed by atoms with van der Waals surface area (Å²) >= 11 is 0. The second kappa shape index (κ2) is 6.50. The van der Waals surface area contributed by atoms with Gasteiger partial charge < -0.3 is 9.53 Å². The van der Waals surface area contributed by atoms with E-state index in [0.29, 0.717) is 12.0 Å². The lowest BCUT2D eigenvalue weighted by Crippen LogP contribution is -2.20. The molecule has 1 rings (SSSR count). The second-order valence-corrected chi connectivity index (χ2v) is 3.03. The summed E-state index contributed by atoms with van der Waals surface area (Å²) in [7, 11) is 0. The minimum Gasteiger partial charge on any atom is -0.465 e. The highest BCUT2D eigenvalue weighted by Gasteiger charge is 2.15. The molecule has 0 aromatic heterocycles. The maximum Gasteiger partial charge on any atom is 0.321 e. The second-order valence-electron chi connectivity index (χ2n) is 3.03. The number of benzene rings is 1. The van der Waals surface area contributed by atoms with Crippen LogP contribution in [-0.4, -0.2) is 25.1 Å². The molecule has 4 nitrogen and oxygen atoms in total. The SMILES string of the molecule is CCOC(=O)C(C=O)C=Nc1ccccc1. The van der Waals surface area contributed by atoms with E-state index in [4.69, 9.17) is 4.74 Å². The molecule has 0 fully saturated rings. The van der Waals surface area contributed by atoms with Gasteiger partial charge in [-0.1, -0.05) is 18.2 Å².